The maximum absolute atomic E-state index is 11.6. The second-order valence-electron chi connectivity index (χ2n) is 3.65. The Hall–Kier alpha value is -0.880. The van der Waals surface area contributed by atoms with Crippen molar-refractivity contribution in [2.45, 2.75) is 13.8 Å². The van der Waals surface area contributed by atoms with Crippen LogP contribution < -0.4 is 0 Å². The minimum Gasteiger partial charge on any atom is -0.480 e. The first kappa shape index (κ1) is 14.1. The van der Waals surface area contributed by atoms with Crippen LogP contribution in [0.25, 0.3) is 0 Å². The van der Waals surface area contributed by atoms with Crippen LogP contribution in [0, 0.1) is 5.92 Å². The van der Waals surface area contributed by atoms with Crippen molar-refractivity contribution in [3.63, 3.8) is 0 Å². The first-order valence-electron chi connectivity index (χ1n) is 4.60. The van der Waals surface area contributed by atoms with Gasteiger partial charge in [0.2, 0.25) is 10.0 Å². The second-order valence-corrected chi connectivity index (χ2v) is 5.66. The Balaban J connectivity index is 4.75. The van der Waals surface area contributed by atoms with Crippen LogP contribution in [0.3, 0.4) is 0 Å². The Morgan fingerprint density at radius 2 is 2.07 bits per heavy atom. The molecule has 0 aromatic rings. The molecule has 0 unspecified atom stereocenters. The summed E-state index contributed by atoms with van der Waals surface area (Å²) in [7, 11) is -3.53. The fourth-order valence-corrected chi connectivity index (χ4v) is 2.43. The molecular formula is C9H17NO4S. The van der Waals surface area contributed by atoms with E-state index < -0.39 is 22.5 Å². The molecule has 0 saturated heterocycles. The van der Waals surface area contributed by atoms with Crippen LogP contribution in [0.1, 0.15) is 13.8 Å². The van der Waals surface area contributed by atoms with Gasteiger partial charge in [-0.1, -0.05) is 19.9 Å². The first-order valence-corrected chi connectivity index (χ1v) is 6.21. The number of carbonyl (C=O) groups is 1. The predicted octanol–water partition coefficient (Wildman–Crippen LogP) is 0.545. The number of carboxylic acid groups (broad SMARTS) is 1. The van der Waals surface area contributed by atoms with Gasteiger partial charge in [0.25, 0.3) is 0 Å². The lowest BCUT2D eigenvalue weighted by atomic mass is 10.2. The standard InChI is InChI=1S/C9H17NO4S/c1-4-5-15(13,14)10(6-8(2)3)7-9(11)12/h4,8H,1,5-7H2,2-3H3,(H,11,12). The van der Waals surface area contributed by atoms with Crippen molar-refractivity contribution in [3.05, 3.63) is 12.7 Å². The quantitative estimate of drug-likeness (QED) is 0.654. The molecule has 0 radical (unpaired) electrons. The SMILES string of the molecule is C=CCS(=O)(=O)N(CC(=O)O)CC(C)C. The summed E-state index contributed by atoms with van der Waals surface area (Å²) in [6, 6.07) is 0. The fourth-order valence-electron chi connectivity index (χ4n) is 1.09. The van der Waals surface area contributed by atoms with Crippen LogP contribution in [0.2, 0.25) is 0 Å². The molecule has 0 aromatic heterocycles. The molecule has 0 bridgehead atoms. The van der Waals surface area contributed by atoms with Crippen LogP contribution in [0.4, 0.5) is 0 Å². The fraction of sp³-hybridized carbons (Fsp3) is 0.667. The van der Waals surface area contributed by atoms with Crippen molar-refractivity contribution in [2.75, 3.05) is 18.8 Å². The van der Waals surface area contributed by atoms with E-state index in [0.717, 1.165) is 4.31 Å². The molecule has 6 heteroatoms. The lowest BCUT2D eigenvalue weighted by Gasteiger charge is -2.21. The van der Waals surface area contributed by atoms with Crippen LogP contribution in [0.5, 0.6) is 0 Å². The summed E-state index contributed by atoms with van der Waals surface area (Å²) in [4.78, 5) is 10.5. The number of sulfonamides is 1. The lowest BCUT2D eigenvalue weighted by molar-refractivity contribution is -0.137. The molecule has 15 heavy (non-hydrogen) atoms. The van der Waals surface area contributed by atoms with E-state index in [1.165, 1.54) is 6.08 Å². The highest BCUT2D eigenvalue weighted by Gasteiger charge is 2.23. The highest BCUT2D eigenvalue weighted by atomic mass is 32.2. The van der Waals surface area contributed by atoms with Gasteiger partial charge >= 0.3 is 5.97 Å². The summed E-state index contributed by atoms with van der Waals surface area (Å²) in [5.41, 5.74) is 0. The van der Waals surface area contributed by atoms with Gasteiger partial charge in [-0.05, 0) is 5.92 Å². The number of hydrogen-bond acceptors (Lipinski definition) is 3. The molecule has 0 amide bonds. The number of hydrogen-bond donors (Lipinski definition) is 1. The number of nitrogens with zero attached hydrogens (tertiary/aromatic N) is 1. The number of aliphatic carboxylic acids is 1. The van der Waals surface area contributed by atoms with E-state index in [-0.39, 0.29) is 18.2 Å². The summed E-state index contributed by atoms with van der Waals surface area (Å²) in [6.45, 7) is 6.72. The lowest BCUT2D eigenvalue weighted by Crippen LogP contribution is -2.39. The third kappa shape index (κ3) is 5.54. The molecule has 0 aromatic carbocycles. The van der Waals surface area contributed by atoms with Crippen molar-refractivity contribution < 1.29 is 18.3 Å². The Bertz CT molecular complexity index is 321. The van der Waals surface area contributed by atoms with Gasteiger partial charge in [0, 0.05) is 6.54 Å². The van der Waals surface area contributed by atoms with E-state index in [1.807, 2.05) is 13.8 Å². The highest BCUT2D eigenvalue weighted by Crippen LogP contribution is 2.06. The summed E-state index contributed by atoms with van der Waals surface area (Å²) in [5.74, 6) is -1.29. The molecule has 0 heterocycles. The Morgan fingerprint density at radius 1 is 1.53 bits per heavy atom. The summed E-state index contributed by atoms with van der Waals surface area (Å²) in [5, 5.41) is 8.60. The van der Waals surface area contributed by atoms with E-state index in [1.54, 1.807) is 0 Å². The van der Waals surface area contributed by atoms with E-state index in [9.17, 15) is 13.2 Å². The van der Waals surface area contributed by atoms with E-state index in [4.69, 9.17) is 5.11 Å². The van der Waals surface area contributed by atoms with Gasteiger partial charge < -0.3 is 5.11 Å². The summed E-state index contributed by atoms with van der Waals surface area (Å²) < 4.78 is 24.2. The van der Waals surface area contributed by atoms with Crippen molar-refractivity contribution in [1.82, 2.24) is 4.31 Å². The van der Waals surface area contributed by atoms with E-state index >= 15 is 0 Å². The Morgan fingerprint density at radius 3 is 2.40 bits per heavy atom. The molecule has 0 spiro atoms. The second kappa shape index (κ2) is 5.87. The molecule has 0 aliphatic heterocycles. The molecule has 0 aliphatic carbocycles. The molecule has 88 valence electrons. The maximum atomic E-state index is 11.6. The zero-order valence-corrected chi connectivity index (χ0v) is 9.83. The van der Waals surface area contributed by atoms with Gasteiger partial charge in [-0.2, -0.15) is 4.31 Å². The highest BCUT2D eigenvalue weighted by molar-refractivity contribution is 7.89. The van der Waals surface area contributed by atoms with Gasteiger partial charge in [-0.15, -0.1) is 6.58 Å². The molecule has 0 aliphatic rings. The summed E-state index contributed by atoms with van der Waals surface area (Å²) >= 11 is 0. The number of carboxylic acids is 1. The van der Waals surface area contributed by atoms with Crippen molar-refractivity contribution in [3.8, 4) is 0 Å². The molecule has 5 nitrogen and oxygen atoms in total. The minimum absolute atomic E-state index is 0.0870. The Labute approximate surface area is 90.4 Å². The zero-order chi connectivity index (χ0) is 12.1. The Kier molecular flexibility index (Phi) is 5.53. The van der Waals surface area contributed by atoms with E-state index in [2.05, 4.69) is 6.58 Å². The summed E-state index contributed by atoms with van der Waals surface area (Å²) in [6.07, 6.45) is 1.25. The van der Waals surface area contributed by atoms with Crippen LogP contribution in [-0.2, 0) is 14.8 Å². The smallest absolute Gasteiger partial charge is 0.318 e. The molecule has 1 N–H and O–H groups in total. The first-order chi connectivity index (χ1) is 6.79. The average Bonchev–Trinajstić information content (AvgIpc) is 2.00. The average molecular weight is 235 g/mol. The maximum Gasteiger partial charge on any atom is 0.318 e. The topological polar surface area (TPSA) is 74.7 Å². The zero-order valence-electron chi connectivity index (χ0n) is 9.01. The molecule has 0 fully saturated rings. The number of rotatable bonds is 7. The molecule has 0 saturated carbocycles. The molecule has 0 rings (SSSR count). The van der Waals surface area contributed by atoms with Crippen LogP contribution in [0.15, 0.2) is 12.7 Å². The molecule has 0 atom stereocenters. The normalized spacial score (nSPS) is 12.0. The minimum atomic E-state index is -3.53. The van der Waals surface area contributed by atoms with Crippen molar-refractivity contribution in [2.24, 2.45) is 5.92 Å². The van der Waals surface area contributed by atoms with E-state index in [0.29, 0.717) is 0 Å². The molecular weight excluding hydrogens is 218 g/mol. The monoisotopic (exact) mass is 235 g/mol. The van der Waals surface area contributed by atoms with Crippen molar-refractivity contribution in [1.29, 1.82) is 0 Å². The largest absolute Gasteiger partial charge is 0.480 e. The van der Waals surface area contributed by atoms with Crippen LogP contribution in [-0.4, -0.2) is 42.6 Å². The third-order valence-electron chi connectivity index (χ3n) is 1.60. The van der Waals surface area contributed by atoms with Gasteiger partial charge in [-0.25, -0.2) is 8.42 Å². The van der Waals surface area contributed by atoms with Gasteiger partial charge in [0.1, 0.15) is 6.54 Å². The van der Waals surface area contributed by atoms with Gasteiger partial charge in [-0.3, -0.25) is 4.79 Å². The third-order valence-corrected chi connectivity index (χ3v) is 3.32. The van der Waals surface area contributed by atoms with Gasteiger partial charge in [0.15, 0.2) is 0 Å². The van der Waals surface area contributed by atoms with Crippen LogP contribution >= 0.6 is 0 Å². The van der Waals surface area contributed by atoms with Crippen molar-refractivity contribution >= 4 is 16.0 Å². The van der Waals surface area contributed by atoms with Gasteiger partial charge in [0.05, 0.1) is 5.75 Å². The predicted molar refractivity (Wildman–Crippen MR) is 58.0 cm³/mol.